The van der Waals surface area contributed by atoms with Crippen molar-refractivity contribution in [2.45, 2.75) is 9.79 Å². The van der Waals surface area contributed by atoms with E-state index in [4.69, 9.17) is 0 Å². The molecule has 14 heteroatoms. The number of nitrogens with one attached hydrogen (secondary N) is 2. The highest BCUT2D eigenvalue weighted by Crippen LogP contribution is 2.31. The number of aromatic amines is 2. The van der Waals surface area contributed by atoms with Crippen LogP contribution in [0.4, 0.5) is 0 Å². The molecule has 0 saturated heterocycles. The van der Waals surface area contributed by atoms with E-state index in [0.717, 1.165) is 24.3 Å². The molecule has 0 radical (unpaired) electrons. The van der Waals surface area contributed by atoms with Gasteiger partial charge in [-0.2, -0.15) is 16.8 Å². The number of aromatic nitrogens is 2. The van der Waals surface area contributed by atoms with E-state index in [0.29, 0.717) is 0 Å². The molecule has 42 heavy (non-hydrogen) atoms. The fraction of sp³-hybridized carbons (Fsp3) is 0. The van der Waals surface area contributed by atoms with Crippen LogP contribution < -0.4 is 21.7 Å². The standard InChI is InChI=1S/C28H14N2O10S2/c31-25-14-6-5-11(41(35,36)37)9-16(14)28(34)20-15(25)7-8-18-22(20)30-23-19(42(38,39)40)10-17-21(24(23)29-18)27(33)13-4-2-1-3-12(13)26(17)32/h1-10,29-30H,(H,35,36,37)(H,38,39,40). The summed E-state index contributed by atoms with van der Waals surface area (Å²) in [7, 11) is -9.75. The molecule has 4 N–H and O–H groups in total. The lowest BCUT2D eigenvalue weighted by molar-refractivity contribution is 0.481. The number of H-pyrrole nitrogens is 2. The summed E-state index contributed by atoms with van der Waals surface area (Å²) in [6, 6.07) is 12.5. The van der Waals surface area contributed by atoms with Crippen molar-refractivity contribution in [3.05, 3.63) is 102 Å². The minimum Gasteiger partial charge on any atom is -0.351 e. The van der Waals surface area contributed by atoms with E-state index < -0.39 is 51.7 Å². The molecule has 0 amide bonds. The molecule has 7 rings (SSSR count). The lowest BCUT2D eigenvalue weighted by Crippen LogP contribution is -2.16. The van der Waals surface area contributed by atoms with Crippen LogP contribution in [-0.2, 0) is 20.2 Å². The van der Waals surface area contributed by atoms with Crippen LogP contribution >= 0.6 is 0 Å². The molecule has 7 aromatic rings. The topological polar surface area (TPSA) is 209 Å². The third-order valence-corrected chi connectivity index (χ3v) is 9.15. The van der Waals surface area contributed by atoms with Crippen LogP contribution in [0.1, 0.15) is 0 Å². The van der Waals surface area contributed by atoms with E-state index in [2.05, 4.69) is 9.97 Å². The van der Waals surface area contributed by atoms with Crippen molar-refractivity contribution in [1.82, 2.24) is 9.97 Å². The minimum atomic E-state index is -5.03. The number of benzene rings is 6. The Hall–Kier alpha value is -5.02. The van der Waals surface area contributed by atoms with Crippen molar-refractivity contribution in [3.63, 3.8) is 0 Å². The van der Waals surface area contributed by atoms with Gasteiger partial charge in [0.1, 0.15) is 4.90 Å². The monoisotopic (exact) mass is 602 g/mol. The average Bonchev–Trinajstić information content (AvgIpc) is 2.95. The van der Waals surface area contributed by atoms with Crippen molar-refractivity contribution in [2.75, 3.05) is 0 Å². The van der Waals surface area contributed by atoms with Crippen LogP contribution in [0.2, 0.25) is 0 Å². The maximum Gasteiger partial charge on any atom is 0.296 e. The lowest BCUT2D eigenvalue weighted by Gasteiger charge is -2.13. The van der Waals surface area contributed by atoms with Crippen LogP contribution in [-0.4, -0.2) is 35.9 Å². The van der Waals surface area contributed by atoms with Gasteiger partial charge in [-0.1, -0.05) is 24.3 Å². The number of hydrogen-bond acceptors (Lipinski definition) is 8. The molecule has 0 saturated carbocycles. The Morgan fingerprint density at radius 1 is 0.500 bits per heavy atom. The molecule has 0 bridgehead atoms. The second kappa shape index (κ2) is 8.27. The molecule has 1 heterocycles. The quantitative estimate of drug-likeness (QED) is 0.129. The second-order valence-electron chi connectivity index (χ2n) is 9.73. The first kappa shape index (κ1) is 25.9. The summed E-state index contributed by atoms with van der Waals surface area (Å²) in [6.45, 7) is 0. The average molecular weight is 603 g/mol. The third-order valence-electron chi connectivity index (χ3n) is 7.42. The molecule has 0 atom stereocenters. The van der Waals surface area contributed by atoms with Crippen LogP contribution in [0, 0.1) is 0 Å². The van der Waals surface area contributed by atoms with Crippen LogP contribution in [0.3, 0.4) is 0 Å². The normalized spacial score (nSPS) is 12.8. The van der Waals surface area contributed by atoms with Gasteiger partial charge in [0, 0.05) is 32.3 Å². The number of rotatable bonds is 2. The largest absolute Gasteiger partial charge is 0.351 e. The predicted molar refractivity (Wildman–Crippen MR) is 156 cm³/mol. The van der Waals surface area contributed by atoms with Gasteiger partial charge in [0.2, 0.25) is 0 Å². The van der Waals surface area contributed by atoms with Gasteiger partial charge in [0.15, 0.2) is 21.7 Å². The predicted octanol–water partition coefficient (Wildman–Crippen LogP) is 2.63. The Morgan fingerprint density at radius 2 is 1.07 bits per heavy atom. The fourth-order valence-corrected chi connectivity index (χ4v) is 6.74. The van der Waals surface area contributed by atoms with Crippen molar-refractivity contribution < 1.29 is 25.9 Å². The Balaban J connectivity index is 1.76. The molecule has 0 aliphatic heterocycles. The molecule has 12 nitrogen and oxygen atoms in total. The summed E-state index contributed by atoms with van der Waals surface area (Å²) in [5.41, 5.74) is -3.17. The zero-order valence-electron chi connectivity index (χ0n) is 20.8. The SMILES string of the molecule is O=c1c2ccc(S(=O)(=O)O)cc2c(=O)c2c1ccc1[nH]c3c([nH]c12)c(S(=O)(=O)O)cc1c(=O)c2ccccc2c(=O)c13. The smallest absolute Gasteiger partial charge is 0.296 e. The molecule has 0 spiro atoms. The van der Waals surface area contributed by atoms with Gasteiger partial charge in [-0.05, 0) is 36.4 Å². The molecular weight excluding hydrogens is 588 g/mol. The lowest BCUT2D eigenvalue weighted by atomic mass is 9.99. The first-order valence-electron chi connectivity index (χ1n) is 12.1. The van der Waals surface area contributed by atoms with Crippen LogP contribution in [0.25, 0.3) is 65.2 Å². The van der Waals surface area contributed by atoms with Crippen molar-refractivity contribution >= 4 is 85.4 Å². The Bertz CT molecular complexity index is 2880. The van der Waals surface area contributed by atoms with Gasteiger partial charge in [-0.3, -0.25) is 28.3 Å². The zero-order valence-corrected chi connectivity index (χ0v) is 22.4. The second-order valence-corrected chi connectivity index (χ2v) is 12.5. The van der Waals surface area contributed by atoms with Gasteiger partial charge in [-0.25, -0.2) is 0 Å². The van der Waals surface area contributed by atoms with Gasteiger partial charge in [0.25, 0.3) is 20.2 Å². The van der Waals surface area contributed by atoms with Crippen LogP contribution in [0.5, 0.6) is 0 Å². The van der Waals surface area contributed by atoms with Crippen LogP contribution in [0.15, 0.2) is 89.6 Å². The molecule has 0 aliphatic rings. The molecule has 0 fully saturated rings. The first-order chi connectivity index (χ1) is 19.8. The Morgan fingerprint density at radius 3 is 1.74 bits per heavy atom. The highest BCUT2D eigenvalue weighted by Gasteiger charge is 2.24. The molecule has 6 aromatic carbocycles. The Labute approximate surface area is 232 Å². The molecule has 1 aromatic heterocycles. The van der Waals surface area contributed by atoms with E-state index >= 15 is 0 Å². The summed E-state index contributed by atoms with van der Waals surface area (Å²) in [5, 5.41) is -1.05. The third kappa shape index (κ3) is 3.46. The van der Waals surface area contributed by atoms with Crippen molar-refractivity contribution in [3.8, 4) is 0 Å². The summed E-state index contributed by atoms with van der Waals surface area (Å²) in [4.78, 5) is 58.2. The van der Waals surface area contributed by atoms with Gasteiger partial charge >= 0.3 is 0 Å². The van der Waals surface area contributed by atoms with E-state index in [9.17, 15) is 45.1 Å². The Kier molecular flexibility index (Phi) is 5.10. The maximum absolute atomic E-state index is 13.7. The van der Waals surface area contributed by atoms with Crippen molar-refractivity contribution in [1.29, 1.82) is 0 Å². The fourth-order valence-electron chi connectivity index (χ4n) is 5.56. The number of hydrogen-bond donors (Lipinski definition) is 4. The minimum absolute atomic E-state index is 0.0570. The maximum atomic E-state index is 13.7. The first-order valence-corrected chi connectivity index (χ1v) is 14.9. The zero-order chi connectivity index (χ0) is 29.9. The van der Waals surface area contributed by atoms with E-state index in [-0.39, 0.29) is 65.2 Å². The molecular formula is C28H14N2O10S2. The molecule has 0 unspecified atom stereocenters. The highest BCUT2D eigenvalue weighted by atomic mass is 32.2. The summed E-state index contributed by atoms with van der Waals surface area (Å²) < 4.78 is 68.0. The van der Waals surface area contributed by atoms with Gasteiger partial charge in [0.05, 0.1) is 37.7 Å². The van der Waals surface area contributed by atoms with Gasteiger partial charge in [-0.15, -0.1) is 0 Å². The summed E-state index contributed by atoms with van der Waals surface area (Å²) in [5.74, 6) is 0. The summed E-state index contributed by atoms with van der Waals surface area (Å²) >= 11 is 0. The van der Waals surface area contributed by atoms with Crippen molar-refractivity contribution in [2.24, 2.45) is 0 Å². The molecule has 0 aliphatic carbocycles. The summed E-state index contributed by atoms with van der Waals surface area (Å²) in [6.07, 6.45) is 0. The van der Waals surface area contributed by atoms with E-state index in [1.54, 1.807) is 12.1 Å². The molecule has 208 valence electrons. The van der Waals surface area contributed by atoms with E-state index in [1.807, 2.05) is 0 Å². The highest BCUT2D eigenvalue weighted by molar-refractivity contribution is 7.86. The van der Waals surface area contributed by atoms with E-state index in [1.165, 1.54) is 24.3 Å². The van der Waals surface area contributed by atoms with Gasteiger partial charge < -0.3 is 9.97 Å². The number of fused-ring (bicyclic) bond motifs is 8.